The molecular formula is C17H25N3. The largest absolute Gasteiger partial charge is 0.361 e. The Hall–Kier alpha value is -1.32. The van der Waals surface area contributed by atoms with Gasteiger partial charge in [0, 0.05) is 36.2 Å². The fourth-order valence-electron chi connectivity index (χ4n) is 3.39. The molecule has 0 spiro atoms. The number of H-pyrrole nitrogens is 1. The van der Waals surface area contributed by atoms with Crippen molar-refractivity contribution >= 4 is 10.9 Å². The predicted molar refractivity (Wildman–Crippen MR) is 84.9 cm³/mol. The first-order valence-corrected chi connectivity index (χ1v) is 7.88. The molecule has 0 amide bonds. The van der Waals surface area contributed by atoms with Crippen LogP contribution in [-0.4, -0.2) is 35.6 Å². The molecular weight excluding hydrogens is 246 g/mol. The molecule has 2 N–H and O–H groups in total. The lowest BCUT2D eigenvalue weighted by molar-refractivity contribution is 0.153. The van der Waals surface area contributed by atoms with Gasteiger partial charge < -0.3 is 10.3 Å². The lowest BCUT2D eigenvalue weighted by atomic mass is 10.0. The number of nitrogens with one attached hydrogen (secondary N) is 2. The van der Waals surface area contributed by atoms with Crippen LogP contribution < -0.4 is 5.32 Å². The van der Waals surface area contributed by atoms with Crippen molar-refractivity contribution < 1.29 is 0 Å². The molecule has 1 saturated heterocycles. The van der Waals surface area contributed by atoms with Gasteiger partial charge in [-0.3, -0.25) is 4.90 Å². The van der Waals surface area contributed by atoms with Gasteiger partial charge in [0.25, 0.3) is 0 Å². The van der Waals surface area contributed by atoms with Gasteiger partial charge in [-0.05, 0) is 43.6 Å². The van der Waals surface area contributed by atoms with Crippen molar-refractivity contribution in [2.24, 2.45) is 0 Å². The van der Waals surface area contributed by atoms with Gasteiger partial charge in [-0.15, -0.1) is 0 Å². The smallest absolute Gasteiger partial charge is 0.0457 e. The minimum atomic E-state index is 0.721. The maximum atomic E-state index is 3.66. The minimum absolute atomic E-state index is 0.721. The number of piperidine rings is 1. The Morgan fingerprint density at radius 2 is 2.25 bits per heavy atom. The van der Waals surface area contributed by atoms with E-state index < -0.39 is 0 Å². The summed E-state index contributed by atoms with van der Waals surface area (Å²) in [6, 6.07) is 9.39. The van der Waals surface area contributed by atoms with Gasteiger partial charge in [-0.1, -0.05) is 25.5 Å². The summed E-state index contributed by atoms with van der Waals surface area (Å²) in [5, 5.41) is 5.01. The van der Waals surface area contributed by atoms with E-state index in [1.165, 1.54) is 48.8 Å². The Labute approximate surface area is 121 Å². The van der Waals surface area contributed by atoms with Crippen LogP contribution in [0.15, 0.2) is 30.5 Å². The molecule has 0 aliphatic carbocycles. The zero-order chi connectivity index (χ0) is 13.8. The minimum Gasteiger partial charge on any atom is -0.361 e. The number of likely N-dealkylation sites (N-methyl/N-ethyl adjacent to an activating group) is 1. The first-order chi connectivity index (χ1) is 9.88. The van der Waals surface area contributed by atoms with E-state index in [1.54, 1.807) is 0 Å². The molecule has 2 aromatic rings. The van der Waals surface area contributed by atoms with E-state index in [9.17, 15) is 0 Å². The second-order valence-corrected chi connectivity index (χ2v) is 5.77. The summed E-state index contributed by atoms with van der Waals surface area (Å²) in [5.41, 5.74) is 2.62. The van der Waals surface area contributed by atoms with Crippen LogP contribution in [-0.2, 0) is 6.54 Å². The molecule has 3 heteroatoms. The SMILES string of the molecule is CCN1CCCCC1CNCc1cccc2[nH]ccc12. The first kappa shape index (κ1) is 13.7. The molecule has 0 bridgehead atoms. The van der Waals surface area contributed by atoms with E-state index in [-0.39, 0.29) is 0 Å². The molecule has 3 nitrogen and oxygen atoms in total. The van der Waals surface area contributed by atoms with Crippen LogP contribution in [0.4, 0.5) is 0 Å². The number of aromatic amines is 1. The van der Waals surface area contributed by atoms with Crippen LogP contribution in [0.5, 0.6) is 0 Å². The summed E-state index contributed by atoms with van der Waals surface area (Å²) in [7, 11) is 0. The lowest BCUT2D eigenvalue weighted by Gasteiger charge is -2.35. The third kappa shape index (κ3) is 2.89. The Morgan fingerprint density at radius 1 is 1.30 bits per heavy atom. The van der Waals surface area contributed by atoms with E-state index in [2.05, 4.69) is 46.4 Å². The molecule has 2 heterocycles. The van der Waals surface area contributed by atoms with Crippen molar-refractivity contribution in [1.29, 1.82) is 0 Å². The number of rotatable bonds is 5. The van der Waals surface area contributed by atoms with Gasteiger partial charge in [0.1, 0.15) is 0 Å². The second kappa shape index (κ2) is 6.42. The van der Waals surface area contributed by atoms with Crippen molar-refractivity contribution in [3.8, 4) is 0 Å². The number of likely N-dealkylation sites (tertiary alicyclic amines) is 1. The summed E-state index contributed by atoms with van der Waals surface area (Å²) >= 11 is 0. The molecule has 1 unspecified atom stereocenters. The van der Waals surface area contributed by atoms with E-state index in [1.807, 2.05) is 6.20 Å². The molecule has 1 aromatic carbocycles. The molecule has 1 aliphatic rings. The molecule has 1 aliphatic heterocycles. The van der Waals surface area contributed by atoms with Crippen LogP contribution in [0.25, 0.3) is 10.9 Å². The predicted octanol–water partition coefficient (Wildman–Crippen LogP) is 3.13. The molecule has 1 fully saturated rings. The third-order valence-corrected chi connectivity index (χ3v) is 4.54. The summed E-state index contributed by atoms with van der Waals surface area (Å²) in [6.45, 7) is 6.80. The topological polar surface area (TPSA) is 31.1 Å². The number of hydrogen-bond donors (Lipinski definition) is 2. The molecule has 0 radical (unpaired) electrons. The van der Waals surface area contributed by atoms with Crippen molar-refractivity contribution in [3.05, 3.63) is 36.0 Å². The van der Waals surface area contributed by atoms with E-state index in [0.717, 1.165) is 19.1 Å². The van der Waals surface area contributed by atoms with Crippen LogP contribution in [0.2, 0.25) is 0 Å². The maximum Gasteiger partial charge on any atom is 0.0457 e. The molecule has 1 aromatic heterocycles. The van der Waals surface area contributed by atoms with E-state index >= 15 is 0 Å². The van der Waals surface area contributed by atoms with Gasteiger partial charge in [0.05, 0.1) is 0 Å². The summed E-state index contributed by atoms with van der Waals surface area (Å²) in [5.74, 6) is 0. The summed E-state index contributed by atoms with van der Waals surface area (Å²) in [6.07, 6.45) is 6.12. The highest BCUT2D eigenvalue weighted by Crippen LogP contribution is 2.18. The fourth-order valence-corrected chi connectivity index (χ4v) is 3.39. The maximum absolute atomic E-state index is 3.66. The van der Waals surface area contributed by atoms with Gasteiger partial charge in [-0.2, -0.15) is 0 Å². The highest BCUT2D eigenvalue weighted by molar-refractivity contribution is 5.82. The quantitative estimate of drug-likeness (QED) is 0.875. The van der Waals surface area contributed by atoms with E-state index in [0.29, 0.717) is 0 Å². The third-order valence-electron chi connectivity index (χ3n) is 4.54. The average molecular weight is 271 g/mol. The number of benzene rings is 1. The van der Waals surface area contributed by atoms with Crippen molar-refractivity contribution in [1.82, 2.24) is 15.2 Å². The van der Waals surface area contributed by atoms with Gasteiger partial charge in [-0.25, -0.2) is 0 Å². The lowest BCUT2D eigenvalue weighted by Crippen LogP contribution is -2.45. The van der Waals surface area contributed by atoms with Crippen LogP contribution in [0, 0.1) is 0 Å². The Morgan fingerprint density at radius 3 is 3.15 bits per heavy atom. The first-order valence-electron chi connectivity index (χ1n) is 7.88. The molecule has 0 saturated carbocycles. The van der Waals surface area contributed by atoms with Crippen molar-refractivity contribution in [2.75, 3.05) is 19.6 Å². The van der Waals surface area contributed by atoms with Gasteiger partial charge >= 0.3 is 0 Å². The molecule has 3 rings (SSSR count). The number of aromatic nitrogens is 1. The van der Waals surface area contributed by atoms with Crippen molar-refractivity contribution in [2.45, 2.75) is 38.8 Å². The summed E-state index contributed by atoms with van der Waals surface area (Å²) in [4.78, 5) is 5.90. The van der Waals surface area contributed by atoms with Crippen LogP contribution in [0.3, 0.4) is 0 Å². The van der Waals surface area contributed by atoms with E-state index in [4.69, 9.17) is 0 Å². The highest BCUT2D eigenvalue weighted by Gasteiger charge is 2.20. The second-order valence-electron chi connectivity index (χ2n) is 5.77. The average Bonchev–Trinajstić information content (AvgIpc) is 2.97. The standard InChI is InChI=1S/C17H25N3/c1-2-20-11-4-3-7-15(20)13-18-12-14-6-5-8-17-16(14)9-10-19-17/h5-6,8-10,15,18-19H,2-4,7,11-13H2,1H3. The highest BCUT2D eigenvalue weighted by atomic mass is 15.2. The molecule has 108 valence electrons. The Balaban J connectivity index is 1.58. The molecule has 1 atom stereocenters. The number of nitrogens with zero attached hydrogens (tertiary/aromatic N) is 1. The van der Waals surface area contributed by atoms with Crippen LogP contribution >= 0.6 is 0 Å². The number of hydrogen-bond acceptors (Lipinski definition) is 2. The molecule has 20 heavy (non-hydrogen) atoms. The monoisotopic (exact) mass is 271 g/mol. The summed E-state index contributed by atoms with van der Waals surface area (Å²) < 4.78 is 0. The van der Waals surface area contributed by atoms with Gasteiger partial charge in [0.2, 0.25) is 0 Å². The van der Waals surface area contributed by atoms with Crippen LogP contribution in [0.1, 0.15) is 31.7 Å². The number of fused-ring (bicyclic) bond motifs is 1. The fraction of sp³-hybridized carbons (Fsp3) is 0.529. The normalized spacial score (nSPS) is 20.6. The zero-order valence-corrected chi connectivity index (χ0v) is 12.4. The van der Waals surface area contributed by atoms with Gasteiger partial charge in [0.15, 0.2) is 0 Å². The Kier molecular flexibility index (Phi) is 4.38. The Bertz CT molecular complexity index is 546. The zero-order valence-electron chi connectivity index (χ0n) is 12.4. The van der Waals surface area contributed by atoms with Crippen molar-refractivity contribution in [3.63, 3.8) is 0 Å².